The second-order valence-electron chi connectivity index (χ2n) is 9.17. The van der Waals surface area contributed by atoms with Gasteiger partial charge >= 0.3 is 0 Å². The number of hydrogen-bond donors (Lipinski definition) is 2. The average Bonchev–Trinajstić information content (AvgIpc) is 3.31. The number of benzene rings is 1. The molecule has 0 radical (unpaired) electrons. The van der Waals surface area contributed by atoms with Crippen molar-refractivity contribution >= 4 is 16.9 Å². The molecule has 1 amide bonds. The number of carbonyl (C=O) groups excluding carboxylic acids is 1. The third-order valence-electron chi connectivity index (χ3n) is 6.92. The van der Waals surface area contributed by atoms with Gasteiger partial charge in [0.15, 0.2) is 11.6 Å². The maximum atomic E-state index is 13.5. The molecule has 3 heterocycles. The zero-order chi connectivity index (χ0) is 24.4. The molecule has 1 aliphatic rings. The van der Waals surface area contributed by atoms with E-state index in [1.165, 1.54) is 33.8 Å². The first-order valence-electron chi connectivity index (χ1n) is 11.8. The summed E-state index contributed by atoms with van der Waals surface area (Å²) in [5.41, 5.74) is 2.23. The molecule has 1 aliphatic carbocycles. The quantitative estimate of drug-likeness (QED) is 0.421. The summed E-state index contributed by atoms with van der Waals surface area (Å²) in [6.45, 7) is 0.559. The van der Waals surface area contributed by atoms with Crippen LogP contribution in [0.1, 0.15) is 53.1 Å². The molecule has 2 N–H and O–H groups in total. The van der Waals surface area contributed by atoms with Crippen LogP contribution in [0.5, 0.6) is 0 Å². The number of halogens is 2. The normalized spacial score (nSPS) is 18.0. The molecule has 6 nitrogen and oxygen atoms in total. The van der Waals surface area contributed by atoms with Gasteiger partial charge in [0.2, 0.25) is 0 Å². The standard InChI is InChI=1S/C27H26F2N4O2/c28-23-10-7-18(13-24(23)29)16-33-12-2-4-21(27(33)35)26(34)32-14-17-5-8-19(9-6-17)22-15-31-25-20(22)3-1-11-30-25/h1-4,7,10-13,15,17,19H,5-6,8-9,14,16H2,(H,30,31)(H,32,34). The van der Waals surface area contributed by atoms with Gasteiger partial charge < -0.3 is 14.9 Å². The fourth-order valence-electron chi connectivity index (χ4n) is 4.99. The van der Waals surface area contributed by atoms with Crippen LogP contribution in [0.3, 0.4) is 0 Å². The molecule has 1 saturated carbocycles. The van der Waals surface area contributed by atoms with Crippen molar-refractivity contribution in [2.75, 3.05) is 6.54 Å². The number of aromatic nitrogens is 3. The van der Waals surface area contributed by atoms with Crippen LogP contribution in [-0.2, 0) is 6.54 Å². The predicted octanol–water partition coefficient (Wildman–Crippen LogP) is 4.75. The van der Waals surface area contributed by atoms with E-state index in [9.17, 15) is 18.4 Å². The Balaban J connectivity index is 1.18. The lowest BCUT2D eigenvalue weighted by atomic mass is 9.78. The van der Waals surface area contributed by atoms with Crippen LogP contribution >= 0.6 is 0 Å². The number of amides is 1. The molecule has 3 aromatic heterocycles. The molecule has 0 aliphatic heterocycles. The Morgan fingerprint density at radius 2 is 1.91 bits per heavy atom. The maximum Gasteiger partial charge on any atom is 0.263 e. The molecule has 0 unspecified atom stereocenters. The van der Waals surface area contributed by atoms with Crippen LogP contribution in [0.2, 0.25) is 0 Å². The fourth-order valence-corrected chi connectivity index (χ4v) is 4.99. The molecule has 8 heteroatoms. The van der Waals surface area contributed by atoms with E-state index in [0.717, 1.165) is 43.5 Å². The number of rotatable bonds is 6. The second-order valence-corrected chi connectivity index (χ2v) is 9.17. The van der Waals surface area contributed by atoms with Crippen molar-refractivity contribution < 1.29 is 13.6 Å². The van der Waals surface area contributed by atoms with E-state index in [1.807, 2.05) is 6.07 Å². The number of aromatic amines is 1. The lowest BCUT2D eigenvalue weighted by Crippen LogP contribution is -2.36. The van der Waals surface area contributed by atoms with Crippen LogP contribution in [0.4, 0.5) is 8.78 Å². The number of nitrogens with one attached hydrogen (secondary N) is 2. The number of H-pyrrole nitrogens is 1. The highest BCUT2D eigenvalue weighted by molar-refractivity contribution is 5.93. The van der Waals surface area contributed by atoms with Gasteiger partial charge in [-0.05, 0) is 85.0 Å². The van der Waals surface area contributed by atoms with Crippen molar-refractivity contribution in [3.63, 3.8) is 0 Å². The minimum absolute atomic E-state index is 0.0371. The SMILES string of the molecule is O=C(NCC1CCC(c2c[nH]c3ncccc23)CC1)c1cccn(Cc2ccc(F)c(F)c2)c1=O. The monoisotopic (exact) mass is 476 g/mol. The van der Waals surface area contributed by atoms with Crippen molar-refractivity contribution in [1.82, 2.24) is 19.9 Å². The predicted molar refractivity (Wildman–Crippen MR) is 129 cm³/mol. The van der Waals surface area contributed by atoms with Gasteiger partial charge in [-0.25, -0.2) is 13.8 Å². The third-order valence-corrected chi connectivity index (χ3v) is 6.92. The van der Waals surface area contributed by atoms with Crippen LogP contribution in [0.25, 0.3) is 11.0 Å². The fraction of sp³-hybridized carbons (Fsp3) is 0.296. The van der Waals surface area contributed by atoms with Gasteiger partial charge in [-0.1, -0.05) is 6.07 Å². The zero-order valence-electron chi connectivity index (χ0n) is 19.1. The van der Waals surface area contributed by atoms with Gasteiger partial charge in [0, 0.05) is 30.5 Å². The van der Waals surface area contributed by atoms with Crippen LogP contribution in [-0.4, -0.2) is 27.0 Å². The Bertz CT molecular complexity index is 1420. The van der Waals surface area contributed by atoms with Gasteiger partial charge in [-0.15, -0.1) is 0 Å². The van der Waals surface area contributed by atoms with Gasteiger partial charge in [0.1, 0.15) is 11.2 Å². The van der Waals surface area contributed by atoms with Gasteiger partial charge in [0.25, 0.3) is 11.5 Å². The van der Waals surface area contributed by atoms with Crippen molar-refractivity contribution in [2.24, 2.45) is 5.92 Å². The molecular formula is C27H26F2N4O2. The summed E-state index contributed by atoms with van der Waals surface area (Å²) in [6.07, 6.45) is 9.43. The minimum atomic E-state index is -0.972. The number of nitrogens with zero attached hydrogens (tertiary/aromatic N) is 2. The van der Waals surface area contributed by atoms with Crippen molar-refractivity contribution in [1.29, 1.82) is 0 Å². The summed E-state index contributed by atoms with van der Waals surface area (Å²) >= 11 is 0. The highest BCUT2D eigenvalue weighted by Gasteiger charge is 2.25. The van der Waals surface area contributed by atoms with Crippen LogP contribution < -0.4 is 10.9 Å². The van der Waals surface area contributed by atoms with Gasteiger partial charge in [-0.2, -0.15) is 0 Å². The number of carbonyl (C=O) groups is 1. The van der Waals surface area contributed by atoms with E-state index >= 15 is 0 Å². The molecule has 0 bridgehead atoms. The van der Waals surface area contributed by atoms with Crippen molar-refractivity contribution in [2.45, 2.75) is 38.1 Å². The lowest BCUT2D eigenvalue weighted by molar-refractivity contribution is 0.0940. The molecule has 0 spiro atoms. The van der Waals surface area contributed by atoms with Crippen LogP contribution in [0.15, 0.2) is 65.8 Å². The first-order chi connectivity index (χ1) is 17.0. The van der Waals surface area contributed by atoms with Crippen LogP contribution in [0, 0.1) is 17.6 Å². The number of hydrogen-bond acceptors (Lipinski definition) is 3. The minimum Gasteiger partial charge on any atom is -0.352 e. The van der Waals surface area contributed by atoms with E-state index in [1.54, 1.807) is 12.3 Å². The molecular weight excluding hydrogens is 450 g/mol. The summed E-state index contributed by atoms with van der Waals surface area (Å²) in [7, 11) is 0. The third kappa shape index (κ3) is 4.87. The van der Waals surface area contributed by atoms with E-state index in [4.69, 9.17) is 0 Å². The maximum absolute atomic E-state index is 13.5. The molecule has 1 fully saturated rings. The van der Waals surface area contributed by atoms with E-state index in [2.05, 4.69) is 27.5 Å². The Kier molecular flexibility index (Phi) is 6.44. The molecule has 1 aromatic carbocycles. The van der Waals surface area contributed by atoms with E-state index < -0.39 is 23.1 Å². The topological polar surface area (TPSA) is 79.8 Å². The van der Waals surface area contributed by atoms with Gasteiger partial charge in [0.05, 0.1) is 6.54 Å². The van der Waals surface area contributed by atoms with Gasteiger partial charge in [-0.3, -0.25) is 9.59 Å². The van der Waals surface area contributed by atoms with E-state index in [0.29, 0.717) is 23.9 Å². The molecule has 4 aromatic rings. The Morgan fingerprint density at radius 3 is 2.71 bits per heavy atom. The smallest absolute Gasteiger partial charge is 0.263 e. The summed E-state index contributed by atoms with van der Waals surface area (Å²) in [4.78, 5) is 33.2. The number of pyridine rings is 2. The molecule has 0 atom stereocenters. The highest BCUT2D eigenvalue weighted by Crippen LogP contribution is 2.38. The Morgan fingerprint density at radius 1 is 1.09 bits per heavy atom. The Labute approximate surface area is 201 Å². The molecule has 5 rings (SSSR count). The Hall–Kier alpha value is -3.81. The lowest BCUT2D eigenvalue weighted by Gasteiger charge is -2.28. The zero-order valence-corrected chi connectivity index (χ0v) is 19.1. The van der Waals surface area contributed by atoms with E-state index in [-0.39, 0.29) is 12.1 Å². The van der Waals surface area contributed by atoms with Crippen molar-refractivity contribution in [3.05, 3.63) is 99.7 Å². The molecule has 35 heavy (non-hydrogen) atoms. The summed E-state index contributed by atoms with van der Waals surface area (Å²) in [5, 5.41) is 4.09. The summed E-state index contributed by atoms with van der Waals surface area (Å²) in [5.74, 6) is -1.51. The summed E-state index contributed by atoms with van der Waals surface area (Å²) in [6, 6.07) is 10.6. The average molecular weight is 477 g/mol. The highest BCUT2D eigenvalue weighted by atomic mass is 19.2. The first-order valence-corrected chi connectivity index (χ1v) is 11.8. The second kappa shape index (κ2) is 9.82. The number of fused-ring (bicyclic) bond motifs is 1. The first kappa shape index (κ1) is 23.0. The largest absolute Gasteiger partial charge is 0.352 e. The molecule has 180 valence electrons. The van der Waals surface area contributed by atoms with Crippen molar-refractivity contribution in [3.8, 4) is 0 Å². The summed E-state index contributed by atoms with van der Waals surface area (Å²) < 4.78 is 28.0. The molecule has 0 saturated heterocycles.